The average molecular weight is 343 g/mol. The third-order valence-corrected chi connectivity index (χ3v) is 2.74. The molecule has 0 fully saturated rings. The van der Waals surface area contributed by atoms with E-state index >= 15 is 0 Å². The van der Waals surface area contributed by atoms with Crippen molar-refractivity contribution in [2.75, 3.05) is 18.4 Å². The summed E-state index contributed by atoms with van der Waals surface area (Å²) < 4.78 is 0.705. The highest BCUT2D eigenvalue weighted by molar-refractivity contribution is 9.10. The Morgan fingerprint density at radius 2 is 2.10 bits per heavy atom. The number of amides is 2. The van der Waals surface area contributed by atoms with Gasteiger partial charge in [0.2, 0.25) is 5.91 Å². The Labute approximate surface area is 126 Å². The zero-order chi connectivity index (χ0) is 15.1. The maximum absolute atomic E-state index is 12.1. The van der Waals surface area contributed by atoms with Crippen LogP contribution in [0.15, 0.2) is 16.7 Å². The Kier molecular flexibility index (Phi) is 6.44. The maximum Gasteiger partial charge on any atom is 0.255 e. The van der Waals surface area contributed by atoms with Gasteiger partial charge in [-0.05, 0) is 42.8 Å². The van der Waals surface area contributed by atoms with Crippen LogP contribution in [0.2, 0.25) is 0 Å². The van der Waals surface area contributed by atoms with Gasteiger partial charge in [0.15, 0.2) is 0 Å². The first-order valence-electron chi connectivity index (χ1n) is 6.41. The molecule has 0 saturated heterocycles. The SMILES string of the molecule is CCNc1ncc(Br)cc1C(=O)NCC(=O)NC(C)C. The van der Waals surface area contributed by atoms with Crippen molar-refractivity contribution < 1.29 is 9.59 Å². The molecule has 0 spiro atoms. The number of hydrogen-bond donors (Lipinski definition) is 3. The number of nitrogens with one attached hydrogen (secondary N) is 3. The van der Waals surface area contributed by atoms with Gasteiger partial charge in [0, 0.05) is 23.3 Å². The van der Waals surface area contributed by atoms with Gasteiger partial charge in [0.1, 0.15) is 5.82 Å². The fraction of sp³-hybridized carbons (Fsp3) is 0.462. The summed E-state index contributed by atoms with van der Waals surface area (Å²) in [7, 11) is 0. The van der Waals surface area contributed by atoms with E-state index in [-0.39, 0.29) is 24.4 Å². The minimum atomic E-state index is -0.339. The molecule has 110 valence electrons. The third kappa shape index (κ3) is 5.16. The predicted octanol–water partition coefficient (Wildman–Crippen LogP) is 1.53. The molecule has 7 heteroatoms. The minimum Gasteiger partial charge on any atom is -0.370 e. The molecule has 0 aliphatic carbocycles. The molecule has 0 aliphatic heterocycles. The Morgan fingerprint density at radius 3 is 2.70 bits per heavy atom. The van der Waals surface area contributed by atoms with Crippen molar-refractivity contribution in [3.63, 3.8) is 0 Å². The van der Waals surface area contributed by atoms with Gasteiger partial charge in [-0.3, -0.25) is 9.59 Å². The van der Waals surface area contributed by atoms with E-state index in [4.69, 9.17) is 0 Å². The topological polar surface area (TPSA) is 83.1 Å². The van der Waals surface area contributed by atoms with Crippen LogP contribution in [0, 0.1) is 0 Å². The summed E-state index contributed by atoms with van der Waals surface area (Å²) in [6.45, 7) is 6.24. The Hall–Kier alpha value is -1.63. The van der Waals surface area contributed by atoms with E-state index in [1.165, 1.54) is 0 Å². The number of halogens is 1. The summed E-state index contributed by atoms with van der Waals surface area (Å²) >= 11 is 3.28. The molecule has 0 bridgehead atoms. The molecular formula is C13H19BrN4O2. The molecule has 0 atom stereocenters. The van der Waals surface area contributed by atoms with Crippen LogP contribution in [0.4, 0.5) is 5.82 Å². The van der Waals surface area contributed by atoms with Crippen LogP contribution >= 0.6 is 15.9 Å². The van der Waals surface area contributed by atoms with Gasteiger partial charge in [-0.1, -0.05) is 0 Å². The third-order valence-electron chi connectivity index (χ3n) is 2.30. The first kappa shape index (κ1) is 16.4. The number of pyridine rings is 1. The molecule has 0 aliphatic rings. The second-order valence-electron chi connectivity index (χ2n) is 4.48. The van der Waals surface area contributed by atoms with E-state index < -0.39 is 0 Å². The predicted molar refractivity (Wildman–Crippen MR) is 81.7 cm³/mol. The number of anilines is 1. The van der Waals surface area contributed by atoms with Crippen molar-refractivity contribution in [1.29, 1.82) is 0 Å². The molecule has 0 radical (unpaired) electrons. The number of carbonyl (C=O) groups excluding carboxylic acids is 2. The van der Waals surface area contributed by atoms with E-state index in [2.05, 4.69) is 36.9 Å². The summed E-state index contributed by atoms with van der Waals surface area (Å²) in [6.07, 6.45) is 1.61. The molecule has 0 unspecified atom stereocenters. The van der Waals surface area contributed by atoms with E-state index in [0.29, 0.717) is 22.4 Å². The molecule has 1 aromatic heterocycles. The molecule has 20 heavy (non-hydrogen) atoms. The molecule has 1 aromatic rings. The van der Waals surface area contributed by atoms with Crippen LogP contribution in [-0.2, 0) is 4.79 Å². The molecule has 6 nitrogen and oxygen atoms in total. The number of rotatable bonds is 6. The van der Waals surface area contributed by atoms with Crippen molar-refractivity contribution in [3.05, 3.63) is 22.3 Å². The monoisotopic (exact) mass is 342 g/mol. The van der Waals surface area contributed by atoms with Gasteiger partial charge < -0.3 is 16.0 Å². The first-order valence-corrected chi connectivity index (χ1v) is 7.20. The summed E-state index contributed by atoms with van der Waals surface area (Å²) in [5.41, 5.74) is 0.401. The van der Waals surface area contributed by atoms with Crippen molar-refractivity contribution in [2.24, 2.45) is 0 Å². The van der Waals surface area contributed by atoms with Gasteiger partial charge in [-0.2, -0.15) is 0 Å². The number of nitrogens with zero attached hydrogens (tertiary/aromatic N) is 1. The number of carbonyl (C=O) groups is 2. The summed E-state index contributed by atoms with van der Waals surface area (Å²) in [5.74, 6) is -0.0626. The van der Waals surface area contributed by atoms with Gasteiger partial charge in [-0.25, -0.2) is 4.98 Å². The highest BCUT2D eigenvalue weighted by atomic mass is 79.9. The number of hydrogen-bond acceptors (Lipinski definition) is 4. The quantitative estimate of drug-likeness (QED) is 0.732. The minimum absolute atomic E-state index is 0.0456. The second kappa shape index (κ2) is 7.84. The largest absolute Gasteiger partial charge is 0.370 e. The molecular weight excluding hydrogens is 324 g/mol. The summed E-state index contributed by atoms with van der Waals surface area (Å²) in [6, 6.07) is 1.71. The Bertz CT molecular complexity index is 491. The van der Waals surface area contributed by atoms with E-state index in [1.54, 1.807) is 12.3 Å². The second-order valence-corrected chi connectivity index (χ2v) is 5.40. The van der Waals surface area contributed by atoms with E-state index in [1.807, 2.05) is 20.8 Å². The zero-order valence-electron chi connectivity index (χ0n) is 11.8. The van der Waals surface area contributed by atoms with Crippen LogP contribution in [-0.4, -0.2) is 35.9 Å². The van der Waals surface area contributed by atoms with Crippen molar-refractivity contribution in [1.82, 2.24) is 15.6 Å². The van der Waals surface area contributed by atoms with Crippen LogP contribution < -0.4 is 16.0 Å². The fourth-order valence-corrected chi connectivity index (χ4v) is 1.88. The van der Waals surface area contributed by atoms with Gasteiger partial charge in [0.05, 0.1) is 12.1 Å². The van der Waals surface area contributed by atoms with Crippen LogP contribution in [0.5, 0.6) is 0 Å². The molecule has 0 saturated carbocycles. The lowest BCUT2D eigenvalue weighted by Gasteiger charge is -2.12. The van der Waals surface area contributed by atoms with Crippen LogP contribution in [0.25, 0.3) is 0 Å². The normalized spacial score (nSPS) is 10.2. The smallest absolute Gasteiger partial charge is 0.255 e. The van der Waals surface area contributed by atoms with Crippen LogP contribution in [0.3, 0.4) is 0 Å². The van der Waals surface area contributed by atoms with Crippen molar-refractivity contribution in [3.8, 4) is 0 Å². The lowest BCUT2D eigenvalue weighted by molar-refractivity contribution is -0.120. The molecule has 2 amide bonds. The highest BCUT2D eigenvalue weighted by Crippen LogP contribution is 2.17. The summed E-state index contributed by atoms with van der Waals surface area (Å²) in [5, 5.41) is 8.30. The molecule has 0 aromatic carbocycles. The Morgan fingerprint density at radius 1 is 1.40 bits per heavy atom. The average Bonchev–Trinajstić information content (AvgIpc) is 2.37. The lowest BCUT2D eigenvalue weighted by atomic mass is 10.2. The van der Waals surface area contributed by atoms with Gasteiger partial charge in [-0.15, -0.1) is 0 Å². The van der Waals surface area contributed by atoms with Crippen molar-refractivity contribution >= 4 is 33.6 Å². The highest BCUT2D eigenvalue weighted by Gasteiger charge is 2.14. The first-order chi connectivity index (χ1) is 9.43. The van der Waals surface area contributed by atoms with Crippen molar-refractivity contribution in [2.45, 2.75) is 26.8 Å². The Balaban J connectivity index is 2.71. The summed E-state index contributed by atoms with van der Waals surface area (Å²) in [4.78, 5) is 27.7. The van der Waals surface area contributed by atoms with E-state index in [0.717, 1.165) is 0 Å². The standard InChI is InChI=1S/C13H19BrN4O2/c1-4-15-12-10(5-9(14)6-16-12)13(20)17-7-11(19)18-8(2)3/h5-6,8H,4,7H2,1-3H3,(H,15,16)(H,17,20)(H,18,19). The van der Waals surface area contributed by atoms with Crippen LogP contribution in [0.1, 0.15) is 31.1 Å². The van der Waals surface area contributed by atoms with Gasteiger partial charge in [0.25, 0.3) is 5.91 Å². The van der Waals surface area contributed by atoms with Gasteiger partial charge >= 0.3 is 0 Å². The maximum atomic E-state index is 12.1. The molecule has 1 rings (SSSR count). The zero-order valence-corrected chi connectivity index (χ0v) is 13.4. The number of aromatic nitrogens is 1. The lowest BCUT2D eigenvalue weighted by Crippen LogP contribution is -2.40. The molecule has 1 heterocycles. The molecule has 3 N–H and O–H groups in total. The fourth-order valence-electron chi connectivity index (χ4n) is 1.55. The van der Waals surface area contributed by atoms with E-state index in [9.17, 15) is 9.59 Å².